The Bertz CT molecular complexity index is 764. The highest BCUT2D eigenvalue weighted by atomic mass is 35.5. The van der Waals surface area contributed by atoms with E-state index in [0.717, 1.165) is 41.1 Å². The monoisotopic (exact) mass is 321 g/mol. The van der Waals surface area contributed by atoms with Gasteiger partial charge >= 0.3 is 0 Å². The van der Waals surface area contributed by atoms with Crippen LogP contribution in [-0.2, 0) is 19.5 Å². The van der Waals surface area contributed by atoms with E-state index < -0.39 is 0 Å². The molecule has 0 aliphatic heterocycles. The third kappa shape index (κ3) is 2.73. The van der Waals surface area contributed by atoms with E-state index in [1.807, 2.05) is 16.8 Å². The number of nitrogens with one attached hydrogen (secondary N) is 1. The Labute approximate surface area is 132 Å². The molecule has 0 saturated carbocycles. The summed E-state index contributed by atoms with van der Waals surface area (Å²) >= 11 is 7.48. The second-order valence-electron chi connectivity index (χ2n) is 4.70. The standard InChI is InChI=1S/C14H16ClN5S/c1-3-9-7-10(20(4-2)17-9)8-16-13-11(15)5-6-12-14(13)19-21-18-12/h5-7,16H,3-4,8H2,1-2H3. The summed E-state index contributed by atoms with van der Waals surface area (Å²) in [5.41, 5.74) is 4.78. The Morgan fingerprint density at radius 1 is 1.29 bits per heavy atom. The van der Waals surface area contributed by atoms with Crippen LogP contribution in [0.3, 0.4) is 0 Å². The fourth-order valence-corrected chi connectivity index (χ4v) is 3.04. The van der Waals surface area contributed by atoms with Gasteiger partial charge in [-0.3, -0.25) is 4.68 Å². The van der Waals surface area contributed by atoms with Crippen molar-refractivity contribution in [3.8, 4) is 0 Å². The number of halogens is 1. The average Bonchev–Trinajstić information content (AvgIpc) is 3.12. The van der Waals surface area contributed by atoms with Crippen LogP contribution in [0.2, 0.25) is 5.02 Å². The van der Waals surface area contributed by atoms with Gasteiger partial charge in [0.1, 0.15) is 11.0 Å². The molecule has 0 radical (unpaired) electrons. The molecule has 0 aliphatic rings. The van der Waals surface area contributed by atoms with Crippen molar-refractivity contribution in [2.45, 2.75) is 33.4 Å². The largest absolute Gasteiger partial charge is 0.376 e. The van der Waals surface area contributed by atoms with Crippen LogP contribution < -0.4 is 5.32 Å². The zero-order chi connectivity index (χ0) is 14.8. The number of aryl methyl sites for hydroxylation is 2. The molecule has 0 aliphatic carbocycles. The molecule has 1 aromatic carbocycles. The SMILES string of the molecule is CCc1cc(CNc2c(Cl)ccc3nsnc23)n(CC)n1. The number of aromatic nitrogens is 4. The maximum absolute atomic E-state index is 6.28. The Morgan fingerprint density at radius 2 is 2.14 bits per heavy atom. The minimum atomic E-state index is 0.661. The third-order valence-electron chi connectivity index (χ3n) is 3.40. The van der Waals surface area contributed by atoms with Crippen molar-refractivity contribution in [3.05, 3.63) is 34.6 Å². The second-order valence-corrected chi connectivity index (χ2v) is 5.64. The van der Waals surface area contributed by atoms with E-state index in [4.69, 9.17) is 11.6 Å². The normalized spacial score (nSPS) is 11.2. The molecule has 0 unspecified atom stereocenters. The Kier molecular flexibility index (Phi) is 4.07. The minimum absolute atomic E-state index is 0.661. The molecule has 7 heteroatoms. The van der Waals surface area contributed by atoms with E-state index in [-0.39, 0.29) is 0 Å². The van der Waals surface area contributed by atoms with Crippen LogP contribution in [0.5, 0.6) is 0 Å². The van der Waals surface area contributed by atoms with Crippen LogP contribution in [0.15, 0.2) is 18.2 Å². The van der Waals surface area contributed by atoms with Crippen LogP contribution in [0.25, 0.3) is 11.0 Å². The molecule has 1 N–H and O–H groups in total. The summed E-state index contributed by atoms with van der Waals surface area (Å²) < 4.78 is 10.6. The van der Waals surface area contributed by atoms with Crippen molar-refractivity contribution >= 4 is 40.0 Å². The van der Waals surface area contributed by atoms with E-state index in [0.29, 0.717) is 11.6 Å². The molecule has 0 spiro atoms. The third-order valence-corrected chi connectivity index (χ3v) is 4.26. The fraction of sp³-hybridized carbons (Fsp3) is 0.357. The summed E-state index contributed by atoms with van der Waals surface area (Å²) in [6, 6.07) is 5.86. The van der Waals surface area contributed by atoms with Gasteiger partial charge in [0.2, 0.25) is 0 Å². The van der Waals surface area contributed by atoms with Gasteiger partial charge in [-0.15, -0.1) is 0 Å². The molecule has 5 nitrogen and oxygen atoms in total. The Hall–Kier alpha value is -1.66. The first kappa shape index (κ1) is 14.3. The molecule has 0 fully saturated rings. The van der Waals surface area contributed by atoms with Crippen molar-refractivity contribution in [1.29, 1.82) is 0 Å². The van der Waals surface area contributed by atoms with Crippen molar-refractivity contribution in [2.24, 2.45) is 0 Å². The molecule has 3 aromatic rings. The van der Waals surface area contributed by atoms with E-state index in [2.05, 4.69) is 39.1 Å². The Balaban J connectivity index is 1.88. The lowest BCUT2D eigenvalue weighted by molar-refractivity contribution is 0.619. The summed E-state index contributed by atoms with van der Waals surface area (Å²) in [7, 11) is 0. The van der Waals surface area contributed by atoms with Gasteiger partial charge in [-0.25, -0.2) is 0 Å². The molecule has 0 atom stereocenters. The number of hydrogen-bond acceptors (Lipinski definition) is 5. The predicted molar refractivity (Wildman–Crippen MR) is 87.0 cm³/mol. The summed E-state index contributed by atoms with van der Waals surface area (Å²) in [6.45, 7) is 5.72. The first-order valence-electron chi connectivity index (χ1n) is 6.93. The van der Waals surface area contributed by atoms with Crippen LogP contribution >= 0.6 is 23.3 Å². The van der Waals surface area contributed by atoms with E-state index in [1.165, 1.54) is 11.7 Å². The van der Waals surface area contributed by atoms with E-state index >= 15 is 0 Å². The first-order chi connectivity index (χ1) is 10.2. The van der Waals surface area contributed by atoms with Crippen LogP contribution in [0.1, 0.15) is 25.2 Å². The van der Waals surface area contributed by atoms with Gasteiger partial charge in [-0.1, -0.05) is 18.5 Å². The fourth-order valence-electron chi connectivity index (χ4n) is 2.28. The number of anilines is 1. The average molecular weight is 322 g/mol. The number of hydrogen-bond donors (Lipinski definition) is 1. The first-order valence-corrected chi connectivity index (χ1v) is 8.04. The number of rotatable bonds is 5. The number of nitrogens with zero attached hydrogens (tertiary/aromatic N) is 4. The molecule has 21 heavy (non-hydrogen) atoms. The van der Waals surface area contributed by atoms with Crippen LogP contribution in [0.4, 0.5) is 5.69 Å². The molecular weight excluding hydrogens is 306 g/mol. The molecule has 0 amide bonds. The minimum Gasteiger partial charge on any atom is -0.376 e. The van der Waals surface area contributed by atoms with Crippen molar-refractivity contribution in [1.82, 2.24) is 18.5 Å². The van der Waals surface area contributed by atoms with Crippen molar-refractivity contribution < 1.29 is 0 Å². The lowest BCUT2D eigenvalue weighted by Crippen LogP contribution is -2.08. The van der Waals surface area contributed by atoms with Gasteiger partial charge in [0.15, 0.2) is 0 Å². The maximum atomic E-state index is 6.28. The molecule has 110 valence electrons. The quantitative estimate of drug-likeness (QED) is 0.778. The highest BCUT2D eigenvalue weighted by molar-refractivity contribution is 7.00. The summed E-state index contributed by atoms with van der Waals surface area (Å²) in [6.07, 6.45) is 0.937. The zero-order valence-corrected chi connectivity index (χ0v) is 13.5. The topological polar surface area (TPSA) is 55.6 Å². The summed E-state index contributed by atoms with van der Waals surface area (Å²) in [4.78, 5) is 0. The molecule has 3 rings (SSSR count). The van der Waals surface area contributed by atoms with Gasteiger partial charge in [0.25, 0.3) is 0 Å². The van der Waals surface area contributed by atoms with Gasteiger partial charge in [-0.2, -0.15) is 13.8 Å². The van der Waals surface area contributed by atoms with Crippen molar-refractivity contribution in [3.63, 3.8) is 0 Å². The van der Waals surface area contributed by atoms with Gasteiger partial charge in [0.05, 0.1) is 40.4 Å². The lowest BCUT2D eigenvalue weighted by Gasteiger charge is -2.09. The van der Waals surface area contributed by atoms with Crippen molar-refractivity contribution in [2.75, 3.05) is 5.32 Å². The zero-order valence-electron chi connectivity index (χ0n) is 11.9. The molecule has 2 aromatic heterocycles. The van der Waals surface area contributed by atoms with Crippen LogP contribution in [-0.4, -0.2) is 18.5 Å². The predicted octanol–water partition coefficient (Wildman–Crippen LogP) is 3.74. The van der Waals surface area contributed by atoms with Gasteiger partial charge in [0, 0.05) is 6.54 Å². The Morgan fingerprint density at radius 3 is 2.90 bits per heavy atom. The highest BCUT2D eigenvalue weighted by Gasteiger charge is 2.11. The van der Waals surface area contributed by atoms with Crippen LogP contribution in [0, 0.1) is 0 Å². The van der Waals surface area contributed by atoms with Gasteiger partial charge < -0.3 is 5.32 Å². The van der Waals surface area contributed by atoms with E-state index in [9.17, 15) is 0 Å². The molecular formula is C14H16ClN5S. The molecule has 2 heterocycles. The number of benzene rings is 1. The molecule has 0 bridgehead atoms. The lowest BCUT2D eigenvalue weighted by atomic mass is 10.2. The summed E-state index contributed by atoms with van der Waals surface area (Å²) in [5.74, 6) is 0. The van der Waals surface area contributed by atoms with E-state index in [1.54, 1.807) is 0 Å². The smallest absolute Gasteiger partial charge is 0.129 e. The maximum Gasteiger partial charge on any atom is 0.129 e. The number of fused-ring (bicyclic) bond motifs is 1. The second kappa shape index (κ2) is 5.99. The summed E-state index contributed by atoms with van der Waals surface area (Å²) in [5, 5.41) is 8.59. The highest BCUT2D eigenvalue weighted by Crippen LogP contribution is 2.30. The van der Waals surface area contributed by atoms with Gasteiger partial charge in [-0.05, 0) is 31.5 Å². The molecule has 0 saturated heterocycles.